The van der Waals surface area contributed by atoms with Gasteiger partial charge < -0.3 is 19.7 Å². The summed E-state index contributed by atoms with van der Waals surface area (Å²) in [6.07, 6.45) is 7.99. The van der Waals surface area contributed by atoms with Gasteiger partial charge in [-0.1, -0.05) is 45.1 Å². The first kappa shape index (κ1) is 25.7. The van der Waals surface area contributed by atoms with Gasteiger partial charge in [0.15, 0.2) is 34.6 Å². The maximum absolute atomic E-state index is 12.2. The largest absolute Gasteiger partial charge is 0.504 e. The number of phenolic OH excluding ortho intramolecular Hbond substituents is 2. The van der Waals surface area contributed by atoms with Gasteiger partial charge in [-0.05, 0) is 66.8 Å². The molecule has 0 aliphatic rings. The summed E-state index contributed by atoms with van der Waals surface area (Å²) in [5.41, 5.74) is 1.00. The highest BCUT2D eigenvalue weighted by atomic mass is 16.5. The summed E-state index contributed by atoms with van der Waals surface area (Å²) in [6.45, 7) is 6.16. The van der Waals surface area contributed by atoms with Crippen molar-refractivity contribution in [1.82, 2.24) is 0 Å². The van der Waals surface area contributed by atoms with E-state index in [1.165, 1.54) is 31.4 Å². The third-order valence-electron chi connectivity index (χ3n) is 5.72. The normalized spacial score (nSPS) is 11.8. The number of carbonyl (C=O) groups is 2. The van der Waals surface area contributed by atoms with Crippen LogP contribution in [0.1, 0.15) is 57.6 Å². The third kappa shape index (κ3) is 7.24. The molecule has 0 radical (unpaired) electrons. The minimum absolute atomic E-state index is 0.00820. The molecule has 176 valence electrons. The number of hydrogen-bond acceptors (Lipinski definition) is 6. The average Bonchev–Trinajstić information content (AvgIpc) is 2.82. The number of phenols is 2. The number of aromatic hydroxyl groups is 2. The van der Waals surface area contributed by atoms with E-state index in [1.54, 1.807) is 36.4 Å². The first-order chi connectivity index (χ1) is 15.8. The number of ether oxygens (including phenoxy) is 2. The molecule has 2 N–H and O–H groups in total. The van der Waals surface area contributed by atoms with Crippen molar-refractivity contribution in [1.29, 1.82) is 0 Å². The number of benzene rings is 2. The van der Waals surface area contributed by atoms with Gasteiger partial charge in [-0.3, -0.25) is 9.59 Å². The minimum atomic E-state index is -0.351. The van der Waals surface area contributed by atoms with E-state index in [4.69, 9.17) is 9.47 Å². The molecule has 0 unspecified atom stereocenters. The van der Waals surface area contributed by atoms with Crippen LogP contribution >= 0.6 is 0 Å². The zero-order chi connectivity index (χ0) is 24.4. The smallest absolute Gasteiger partial charge is 0.163 e. The Balaban J connectivity index is 2.03. The summed E-state index contributed by atoms with van der Waals surface area (Å²) < 4.78 is 11.2. The van der Waals surface area contributed by atoms with Crippen LogP contribution in [0.4, 0.5) is 0 Å². The maximum atomic E-state index is 12.2. The molecule has 2 aromatic rings. The first-order valence-corrected chi connectivity index (χ1v) is 11.1. The van der Waals surface area contributed by atoms with Crippen LogP contribution in [0.25, 0.3) is 12.2 Å². The van der Waals surface area contributed by atoms with Gasteiger partial charge >= 0.3 is 0 Å². The zero-order valence-corrected chi connectivity index (χ0v) is 19.6. The van der Waals surface area contributed by atoms with Crippen LogP contribution < -0.4 is 9.47 Å². The van der Waals surface area contributed by atoms with Gasteiger partial charge in [0.1, 0.15) is 5.60 Å². The fraction of sp³-hybridized carbons (Fsp3) is 0.333. The number of ketones is 2. The Morgan fingerprint density at radius 1 is 0.818 bits per heavy atom. The fourth-order valence-electron chi connectivity index (χ4n) is 3.38. The van der Waals surface area contributed by atoms with Gasteiger partial charge in [0, 0.05) is 0 Å². The van der Waals surface area contributed by atoms with Gasteiger partial charge in [-0.25, -0.2) is 0 Å². The Kier molecular flexibility index (Phi) is 9.28. The Labute approximate surface area is 195 Å². The lowest BCUT2D eigenvalue weighted by atomic mass is 9.94. The Morgan fingerprint density at radius 2 is 1.27 bits per heavy atom. The standard InChI is InChI=1S/C27H32O6/c1-5-27(6-2,7-3)33-26-17-20(11-15-24(26)31)9-13-22(29)18-21(28)12-8-19-10-14-23(30)25(16-19)32-4/h8-17,30-31H,5-7,18H2,1-4H3. The third-order valence-corrected chi connectivity index (χ3v) is 5.72. The lowest BCUT2D eigenvalue weighted by Crippen LogP contribution is -2.33. The van der Waals surface area contributed by atoms with E-state index in [0.717, 1.165) is 19.3 Å². The molecule has 0 fully saturated rings. The fourth-order valence-corrected chi connectivity index (χ4v) is 3.38. The summed E-state index contributed by atoms with van der Waals surface area (Å²) in [4.78, 5) is 24.4. The highest BCUT2D eigenvalue weighted by Gasteiger charge is 2.27. The molecule has 0 atom stereocenters. The summed E-state index contributed by atoms with van der Waals surface area (Å²) in [6, 6.07) is 9.60. The van der Waals surface area contributed by atoms with Crippen molar-refractivity contribution in [2.24, 2.45) is 0 Å². The maximum Gasteiger partial charge on any atom is 0.163 e. The number of rotatable bonds is 12. The first-order valence-electron chi connectivity index (χ1n) is 11.1. The average molecular weight is 453 g/mol. The Bertz CT molecular complexity index is 1020. The molecule has 6 heteroatoms. The molecule has 0 heterocycles. The molecular weight excluding hydrogens is 420 g/mol. The summed E-state index contributed by atoms with van der Waals surface area (Å²) in [5, 5.41) is 19.8. The predicted octanol–water partition coefficient (Wildman–Crippen LogP) is 5.71. The monoisotopic (exact) mass is 452 g/mol. The number of hydrogen-bond donors (Lipinski definition) is 2. The van der Waals surface area contributed by atoms with Gasteiger partial charge in [0.25, 0.3) is 0 Å². The lowest BCUT2D eigenvalue weighted by Gasteiger charge is -2.32. The van der Waals surface area contributed by atoms with E-state index >= 15 is 0 Å². The number of allylic oxidation sites excluding steroid dienone is 2. The van der Waals surface area contributed by atoms with E-state index in [0.29, 0.717) is 22.6 Å². The molecule has 2 aromatic carbocycles. The van der Waals surface area contributed by atoms with Crippen molar-refractivity contribution >= 4 is 23.7 Å². The van der Waals surface area contributed by atoms with Crippen LogP contribution in [-0.4, -0.2) is 34.5 Å². The lowest BCUT2D eigenvalue weighted by molar-refractivity contribution is -0.121. The number of carbonyl (C=O) groups excluding carboxylic acids is 2. The highest BCUT2D eigenvalue weighted by Crippen LogP contribution is 2.34. The van der Waals surface area contributed by atoms with Crippen LogP contribution in [0.2, 0.25) is 0 Å². The van der Waals surface area contributed by atoms with Crippen molar-refractivity contribution in [2.75, 3.05) is 7.11 Å². The Hall–Kier alpha value is -3.54. The van der Waals surface area contributed by atoms with Crippen LogP contribution in [0.15, 0.2) is 48.6 Å². The van der Waals surface area contributed by atoms with Gasteiger partial charge in [0.05, 0.1) is 13.5 Å². The van der Waals surface area contributed by atoms with E-state index in [1.807, 2.05) is 0 Å². The van der Waals surface area contributed by atoms with Crippen LogP contribution in [0.5, 0.6) is 23.0 Å². The molecule has 2 rings (SSSR count). The minimum Gasteiger partial charge on any atom is -0.504 e. The van der Waals surface area contributed by atoms with E-state index < -0.39 is 0 Å². The second-order valence-corrected chi connectivity index (χ2v) is 7.78. The van der Waals surface area contributed by atoms with Crippen LogP contribution in [0.3, 0.4) is 0 Å². The second kappa shape index (κ2) is 11.9. The molecule has 0 aliphatic heterocycles. The molecule has 0 saturated carbocycles. The van der Waals surface area contributed by atoms with Crippen molar-refractivity contribution in [2.45, 2.75) is 52.1 Å². The van der Waals surface area contributed by atoms with Crippen molar-refractivity contribution in [3.63, 3.8) is 0 Å². The summed E-state index contributed by atoms with van der Waals surface area (Å²) >= 11 is 0. The van der Waals surface area contributed by atoms with E-state index in [9.17, 15) is 19.8 Å². The molecule has 0 saturated heterocycles. The Morgan fingerprint density at radius 3 is 1.73 bits per heavy atom. The quantitative estimate of drug-likeness (QED) is 0.317. The van der Waals surface area contributed by atoms with E-state index in [2.05, 4.69) is 20.8 Å². The van der Waals surface area contributed by atoms with Gasteiger partial charge in [0.2, 0.25) is 0 Å². The molecule has 0 spiro atoms. The molecule has 0 bridgehead atoms. The van der Waals surface area contributed by atoms with Crippen molar-refractivity contribution < 1.29 is 29.3 Å². The molecule has 33 heavy (non-hydrogen) atoms. The molecule has 0 amide bonds. The van der Waals surface area contributed by atoms with Gasteiger partial charge in [-0.2, -0.15) is 0 Å². The molecule has 6 nitrogen and oxygen atoms in total. The molecule has 0 aliphatic carbocycles. The topological polar surface area (TPSA) is 93.1 Å². The van der Waals surface area contributed by atoms with Crippen LogP contribution in [0, 0.1) is 0 Å². The van der Waals surface area contributed by atoms with Crippen molar-refractivity contribution in [3.05, 3.63) is 59.7 Å². The summed E-state index contributed by atoms with van der Waals surface area (Å²) in [7, 11) is 1.44. The zero-order valence-electron chi connectivity index (χ0n) is 19.6. The van der Waals surface area contributed by atoms with Gasteiger partial charge in [-0.15, -0.1) is 0 Å². The van der Waals surface area contributed by atoms with E-state index in [-0.39, 0.29) is 35.1 Å². The molecule has 0 aromatic heterocycles. The predicted molar refractivity (Wildman–Crippen MR) is 130 cm³/mol. The molecular formula is C27H32O6. The van der Waals surface area contributed by atoms with Crippen molar-refractivity contribution in [3.8, 4) is 23.0 Å². The number of methoxy groups -OCH3 is 1. The summed E-state index contributed by atoms with van der Waals surface area (Å²) in [5.74, 6) is 0.0464. The second-order valence-electron chi connectivity index (χ2n) is 7.78. The SMILES string of the molecule is CCC(CC)(CC)Oc1cc(C=CC(=O)CC(=O)C=Cc2ccc(O)c(OC)c2)ccc1O. The highest BCUT2D eigenvalue weighted by molar-refractivity contribution is 6.10. The van der Waals surface area contributed by atoms with Crippen LogP contribution in [-0.2, 0) is 9.59 Å².